The van der Waals surface area contributed by atoms with E-state index in [1.165, 1.54) is 13.3 Å². The lowest BCUT2D eigenvalue weighted by Gasteiger charge is -2.09. The maximum atomic E-state index is 12.9. The lowest BCUT2D eigenvalue weighted by molar-refractivity contribution is -0.141. The maximum absolute atomic E-state index is 12.9. The largest absolute Gasteiger partial charge is 0.497 e. The molecular weight excluding hydrogens is 353 g/mol. The molecule has 0 aliphatic rings. The third-order valence-corrected chi connectivity index (χ3v) is 3.52. The Kier molecular flexibility index (Phi) is 6.25. The monoisotopic (exact) mass is 366 g/mol. The Balaban J connectivity index is 2.19. The zero-order valence-electron chi connectivity index (χ0n) is 13.0. The molecule has 1 aromatic carbocycles. The van der Waals surface area contributed by atoms with Gasteiger partial charge in [0, 0.05) is 6.07 Å². The van der Waals surface area contributed by atoms with E-state index >= 15 is 0 Å². The van der Waals surface area contributed by atoms with Crippen LogP contribution in [0.1, 0.15) is 11.3 Å². The summed E-state index contributed by atoms with van der Waals surface area (Å²) in [6.07, 6.45) is 1.95. The average Bonchev–Trinajstić information content (AvgIpc) is 2.59. The van der Waals surface area contributed by atoms with Crippen molar-refractivity contribution in [2.75, 3.05) is 18.3 Å². The first-order chi connectivity index (χ1) is 11.9. The minimum Gasteiger partial charge on any atom is -0.497 e. The molecule has 2 aromatic rings. The zero-order valence-corrected chi connectivity index (χ0v) is 13.9. The Morgan fingerprint density at radius 2 is 2.16 bits per heavy atom. The van der Waals surface area contributed by atoms with E-state index < -0.39 is 11.9 Å². The SMILES string of the molecule is C#CCSc1nc(NN=Cc2cccc(OC)c2)cc(C(F)(F)F)n1. The number of rotatable bonds is 6. The summed E-state index contributed by atoms with van der Waals surface area (Å²) in [5, 5.41) is 3.82. The number of ether oxygens (including phenoxy) is 1. The highest BCUT2D eigenvalue weighted by Gasteiger charge is 2.33. The Morgan fingerprint density at radius 3 is 2.84 bits per heavy atom. The van der Waals surface area contributed by atoms with Gasteiger partial charge in [0.1, 0.15) is 5.75 Å². The molecule has 0 saturated heterocycles. The van der Waals surface area contributed by atoms with E-state index in [2.05, 4.69) is 26.4 Å². The molecule has 1 N–H and O–H groups in total. The van der Waals surface area contributed by atoms with Gasteiger partial charge in [-0.25, -0.2) is 9.97 Å². The van der Waals surface area contributed by atoms with Gasteiger partial charge in [0.05, 0.1) is 19.1 Å². The molecule has 0 amide bonds. The van der Waals surface area contributed by atoms with Crippen molar-refractivity contribution < 1.29 is 17.9 Å². The van der Waals surface area contributed by atoms with Crippen molar-refractivity contribution in [1.29, 1.82) is 0 Å². The van der Waals surface area contributed by atoms with Gasteiger partial charge >= 0.3 is 6.18 Å². The molecule has 1 heterocycles. The minimum atomic E-state index is -4.60. The molecule has 9 heteroatoms. The molecular formula is C16H13F3N4OS. The molecule has 0 aliphatic heterocycles. The lowest BCUT2D eigenvalue weighted by Crippen LogP contribution is -2.10. The summed E-state index contributed by atoms with van der Waals surface area (Å²) in [6, 6.07) is 7.80. The second kappa shape index (κ2) is 8.39. The summed E-state index contributed by atoms with van der Waals surface area (Å²) in [5.74, 6) is 3.02. The standard InChI is InChI=1S/C16H13F3N4OS/c1-3-7-25-15-21-13(16(17,18)19)9-14(22-15)23-20-10-11-5-4-6-12(8-11)24-2/h1,4-6,8-10H,7H2,2H3,(H,21,22,23). The third-order valence-electron chi connectivity index (χ3n) is 2.77. The molecule has 0 bridgehead atoms. The van der Waals surface area contributed by atoms with Gasteiger partial charge in [0.25, 0.3) is 0 Å². The molecule has 0 spiro atoms. The van der Waals surface area contributed by atoms with E-state index in [4.69, 9.17) is 11.2 Å². The van der Waals surface area contributed by atoms with Crippen LogP contribution in [0.3, 0.4) is 0 Å². The fraction of sp³-hybridized carbons (Fsp3) is 0.188. The van der Waals surface area contributed by atoms with Crippen molar-refractivity contribution in [3.8, 4) is 18.1 Å². The molecule has 25 heavy (non-hydrogen) atoms. The van der Waals surface area contributed by atoms with E-state index in [1.54, 1.807) is 24.3 Å². The van der Waals surface area contributed by atoms with Crippen LogP contribution in [0.15, 0.2) is 40.6 Å². The third kappa shape index (κ3) is 5.69. The number of nitrogens with zero attached hydrogens (tertiary/aromatic N) is 3. The first kappa shape index (κ1) is 18.6. The number of thioether (sulfide) groups is 1. The fourth-order valence-corrected chi connectivity index (χ4v) is 2.23. The number of nitrogens with one attached hydrogen (secondary N) is 1. The van der Waals surface area contributed by atoms with Crippen LogP contribution in [0.25, 0.3) is 0 Å². The first-order valence-electron chi connectivity index (χ1n) is 6.88. The van der Waals surface area contributed by atoms with Crippen molar-refractivity contribution in [3.05, 3.63) is 41.6 Å². The number of alkyl halides is 3. The van der Waals surface area contributed by atoms with Crippen LogP contribution in [0, 0.1) is 12.3 Å². The van der Waals surface area contributed by atoms with Gasteiger partial charge in [-0.3, -0.25) is 5.43 Å². The number of hydrogen-bond acceptors (Lipinski definition) is 6. The minimum absolute atomic E-state index is 0.0770. The number of hydrazone groups is 1. The first-order valence-corrected chi connectivity index (χ1v) is 7.86. The van der Waals surface area contributed by atoms with E-state index in [0.29, 0.717) is 11.3 Å². The summed E-state index contributed by atoms with van der Waals surface area (Å²) >= 11 is 0.933. The lowest BCUT2D eigenvalue weighted by atomic mass is 10.2. The maximum Gasteiger partial charge on any atom is 0.433 e. The zero-order chi connectivity index (χ0) is 18.3. The van der Waals surface area contributed by atoms with Crippen LogP contribution in [-0.4, -0.2) is 29.0 Å². The van der Waals surface area contributed by atoms with Crippen molar-refractivity contribution in [1.82, 2.24) is 9.97 Å². The number of aromatic nitrogens is 2. The van der Waals surface area contributed by atoms with E-state index in [1.807, 2.05) is 0 Å². The Hall–Kier alpha value is -2.73. The number of benzene rings is 1. The van der Waals surface area contributed by atoms with Gasteiger partial charge in [0.2, 0.25) is 0 Å². The molecule has 0 saturated carbocycles. The molecule has 0 fully saturated rings. The molecule has 0 radical (unpaired) electrons. The normalized spacial score (nSPS) is 11.3. The van der Waals surface area contributed by atoms with Crippen LogP contribution in [0.5, 0.6) is 5.75 Å². The molecule has 130 valence electrons. The number of hydrogen-bond donors (Lipinski definition) is 1. The van der Waals surface area contributed by atoms with Gasteiger partial charge in [-0.1, -0.05) is 29.8 Å². The van der Waals surface area contributed by atoms with E-state index in [0.717, 1.165) is 17.8 Å². The molecule has 0 unspecified atom stereocenters. The summed E-state index contributed by atoms with van der Waals surface area (Å²) in [6.45, 7) is 0. The number of halogens is 3. The average molecular weight is 366 g/mol. The predicted octanol–water partition coefficient (Wildman–Crippen LogP) is 3.68. The van der Waals surface area contributed by atoms with Crippen LogP contribution in [0.4, 0.5) is 19.0 Å². The summed E-state index contributed by atoms with van der Waals surface area (Å²) in [4.78, 5) is 7.41. The Labute approximate surface area is 146 Å². The molecule has 1 aromatic heterocycles. The second-order valence-corrected chi connectivity index (χ2v) is 5.50. The highest BCUT2D eigenvalue weighted by atomic mass is 32.2. The van der Waals surface area contributed by atoms with Gasteiger partial charge in [-0.15, -0.1) is 6.42 Å². The van der Waals surface area contributed by atoms with Crippen LogP contribution in [-0.2, 0) is 6.18 Å². The van der Waals surface area contributed by atoms with Gasteiger partial charge in [-0.05, 0) is 17.7 Å². The summed E-state index contributed by atoms with van der Waals surface area (Å²) in [7, 11) is 1.53. The summed E-state index contributed by atoms with van der Waals surface area (Å²) < 4.78 is 43.8. The van der Waals surface area contributed by atoms with Crippen molar-refractivity contribution in [3.63, 3.8) is 0 Å². The van der Waals surface area contributed by atoms with Crippen LogP contribution in [0.2, 0.25) is 0 Å². The molecule has 5 nitrogen and oxygen atoms in total. The van der Waals surface area contributed by atoms with Crippen molar-refractivity contribution in [2.45, 2.75) is 11.3 Å². The molecule has 0 aliphatic carbocycles. The quantitative estimate of drug-likeness (QED) is 0.278. The number of anilines is 1. The number of methoxy groups -OCH3 is 1. The predicted molar refractivity (Wildman–Crippen MR) is 90.8 cm³/mol. The fourth-order valence-electron chi connectivity index (χ4n) is 1.69. The smallest absolute Gasteiger partial charge is 0.433 e. The van der Waals surface area contributed by atoms with Crippen molar-refractivity contribution >= 4 is 23.8 Å². The van der Waals surface area contributed by atoms with Crippen LogP contribution < -0.4 is 10.2 Å². The Bertz CT molecular complexity index is 803. The van der Waals surface area contributed by atoms with E-state index in [-0.39, 0.29) is 16.7 Å². The van der Waals surface area contributed by atoms with Gasteiger partial charge in [0.15, 0.2) is 16.7 Å². The van der Waals surface area contributed by atoms with Gasteiger partial charge in [-0.2, -0.15) is 18.3 Å². The van der Waals surface area contributed by atoms with Gasteiger partial charge < -0.3 is 4.74 Å². The molecule has 2 rings (SSSR count). The Morgan fingerprint density at radius 1 is 1.36 bits per heavy atom. The molecule has 0 atom stereocenters. The van der Waals surface area contributed by atoms with E-state index in [9.17, 15) is 13.2 Å². The summed E-state index contributed by atoms with van der Waals surface area (Å²) in [5.41, 5.74) is 2.11. The topological polar surface area (TPSA) is 59.4 Å². The highest BCUT2D eigenvalue weighted by molar-refractivity contribution is 7.99. The second-order valence-electron chi connectivity index (χ2n) is 4.56. The van der Waals surface area contributed by atoms with Crippen molar-refractivity contribution in [2.24, 2.45) is 5.10 Å². The van der Waals surface area contributed by atoms with Crippen LogP contribution >= 0.6 is 11.8 Å². The number of terminal acetylenes is 1. The highest BCUT2D eigenvalue weighted by Crippen LogP contribution is 2.30.